The summed E-state index contributed by atoms with van der Waals surface area (Å²) >= 11 is 0.588. The van der Waals surface area contributed by atoms with Crippen LogP contribution in [0.25, 0.3) is 16.6 Å². The Bertz CT molecular complexity index is 1240. The Hall–Kier alpha value is -3.02. The predicted octanol–water partition coefficient (Wildman–Crippen LogP) is 5.08. The minimum atomic E-state index is -5.07. The van der Waals surface area contributed by atoms with Crippen molar-refractivity contribution < 1.29 is 35.9 Å². The van der Waals surface area contributed by atoms with Crippen molar-refractivity contribution in [1.82, 2.24) is 9.55 Å². The van der Waals surface area contributed by atoms with Gasteiger partial charge < -0.3 is 4.74 Å². The molecule has 1 atom stereocenters. The maximum Gasteiger partial charge on any atom is 0.418 e. The average molecular weight is 476 g/mol. The number of hydrogen-bond acceptors (Lipinski definition) is 5. The monoisotopic (exact) mass is 476 g/mol. The number of esters is 1. The first-order valence-corrected chi connectivity index (χ1v) is 9.77. The van der Waals surface area contributed by atoms with Gasteiger partial charge in [0, 0.05) is 0 Å². The van der Waals surface area contributed by atoms with Crippen LogP contribution in [0.1, 0.15) is 18.1 Å². The van der Waals surface area contributed by atoms with Crippen molar-refractivity contribution in [1.29, 1.82) is 0 Å². The largest absolute Gasteiger partial charge is 0.468 e. The average Bonchev–Trinajstić information content (AvgIpc) is 2.71. The molecule has 12 heteroatoms. The lowest BCUT2D eigenvalue weighted by Gasteiger charge is -2.20. The van der Waals surface area contributed by atoms with Gasteiger partial charge in [-0.2, -0.15) is 26.3 Å². The Morgan fingerprint density at radius 1 is 1.06 bits per heavy atom. The van der Waals surface area contributed by atoms with Gasteiger partial charge in [-0.3, -0.25) is 14.2 Å². The molecule has 0 aliphatic rings. The van der Waals surface area contributed by atoms with Crippen LogP contribution in [0.5, 0.6) is 0 Å². The second-order valence-electron chi connectivity index (χ2n) is 6.56. The Morgan fingerprint density at radius 3 is 2.31 bits per heavy atom. The topological polar surface area (TPSA) is 61.2 Å². The van der Waals surface area contributed by atoms with Gasteiger partial charge in [0.25, 0.3) is 5.56 Å². The third-order valence-corrected chi connectivity index (χ3v) is 5.46. The lowest BCUT2D eigenvalue weighted by atomic mass is 10.1. The number of carbonyl (C=O) groups is 1. The van der Waals surface area contributed by atoms with Crippen LogP contribution in [0.2, 0.25) is 0 Å². The van der Waals surface area contributed by atoms with Gasteiger partial charge in [0.05, 0.1) is 34.8 Å². The van der Waals surface area contributed by atoms with Gasteiger partial charge in [0.1, 0.15) is 5.25 Å². The summed E-state index contributed by atoms with van der Waals surface area (Å²) in [5.74, 6) is -0.760. The van der Waals surface area contributed by atoms with Gasteiger partial charge in [-0.1, -0.05) is 23.9 Å². The van der Waals surface area contributed by atoms with Crippen molar-refractivity contribution in [2.45, 2.75) is 29.7 Å². The number of para-hydroxylation sites is 1. The predicted molar refractivity (Wildman–Crippen MR) is 105 cm³/mol. The van der Waals surface area contributed by atoms with Gasteiger partial charge in [-0.25, -0.2) is 4.98 Å². The number of halogens is 6. The lowest BCUT2D eigenvalue weighted by Crippen LogP contribution is -2.26. The van der Waals surface area contributed by atoms with Crippen molar-refractivity contribution in [3.63, 3.8) is 0 Å². The molecule has 2 aromatic carbocycles. The molecule has 0 spiro atoms. The summed E-state index contributed by atoms with van der Waals surface area (Å²) < 4.78 is 85.9. The van der Waals surface area contributed by atoms with Crippen LogP contribution in [-0.2, 0) is 21.9 Å². The Kier molecular flexibility index (Phi) is 6.27. The molecule has 0 aliphatic carbocycles. The van der Waals surface area contributed by atoms with E-state index in [1.807, 2.05) is 0 Å². The fourth-order valence-corrected chi connectivity index (χ4v) is 3.86. The Labute approximate surface area is 181 Å². The van der Waals surface area contributed by atoms with Crippen LogP contribution >= 0.6 is 11.8 Å². The number of benzene rings is 2. The molecule has 32 heavy (non-hydrogen) atoms. The van der Waals surface area contributed by atoms with Crippen LogP contribution in [-0.4, -0.2) is 27.9 Å². The molecule has 0 radical (unpaired) electrons. The molecule has 0 bridgehead atoms. The standard InChI is InChI=1S/C20H14F6N2O3S/c1-10(17(30)31-2)32-18-27-14-6-4-3-5-12(14)16(29)28(18)15-9-11(19(21,22)23)7-8-13(15)20(24,25)26/h3-10H,1-2H3. The van der Waals surface area contributed by atoms with Crippen LogP contribution < -0.4 is 5.56 Å². The van der Waals surface area contributed by atoms with E-state index in [9.17, 15) is 35.9 Å². The maximum atomic E-state index is 13.7. The first kappa shape index (κ1) is 23.6. The van der Waals surface area contributed by atoms with Crippen LogP contribution in [0.15, 0.2) is 52.4 Å². The second-order valence-corrected chi connectivity index (χ2v) is 7.87. The van der Waals surface area contributed by atoms with Crippen molar-refractivity contribution in [2.24, 2.45) is 0 Å². The number of alkyl halides is 6. The highest BCUT2D eigenvalue weighted by Crippen LogP contribution is 2.39. The summed E-state index contributed by atoms with van der Waals surface area (Å²) in [7, 11) is 1.09. The molecule has 1 aromatic heterocycles. The van der Waals surface area contributed by atoms with E-state index >= 15 is 0 Å². The number of ether oxygens (including phenoxy) is 1. The third kappa shape index (κ3) is 4.59. The molecular formula is C20H14F6N2O3S. The zero-order valence-corrected chi connectivity index (χ0v) is 17.2. The highest BCUT2D eigenvalue weighted by Gasteiger charge is 2.38. The van der Waals surface area contributed by atoms with Crippen LogP contribution in [0.4, 0.5) is 26.3 Å². The van der Waals surface area contributed by atoms with E-state index in [4.69, 9.17) is 0 Å². The summed E-state index contributed by atoms with van der Waals surface area (Å²) in [6.45, 7) is 1.36. The maximum absolute atomic E-state index is 13.7. The molecule has 1 unspecified atom stereocenters. The fourth-order valence-electron chi connectivity index (χ4n) is 2.91. The fraction of sp³-hybridized carbons (Fsp3) is 0.250. The minimum absolute atomic E-state index is 0.104. The Balaban J connectivity index is 2.41. The number of fused-ring (bicyclic) bond motifs is 1. The zero-order valence-electron chi connectivity index (χ0n) is 16.4. The number of carbonyl (C=O) groups excluding carboxylic acids is 1. The molecule has 5 nitrogen and oxygen atoms in total. The number of thioether (sulfide) groups is 1. The molecular weight excluding hydrogens is 462 g/mol. The second kappa shape index (κ2) is 8.49. The van der Waals surface area contributed by atoms with Crippen molar-refractivity contribution in [3.05, 3.63) is 63.9 Å². The van der Waals surface area contributed by atoms with Crippen LogP contribution in [0, 0.1) is 0 Å². The van der Waals surface area contributed by atoms with Gasteiger partial charge in [-0.05, 0) is 37.3 Å². The molecule has 0 saturated heterocycles. The zero-order chi connectivity index (χ0) is 23.8. The highest BCUT2D eigenvalue weighted by molar-refractivity contribution is 8.00. The molecule has 1 heterocycles. The molecule has 0 aliphatic heterocycles. The van der Waals surface area contributed by atoms with E-state index < -0.39 is 51.1 Å². The summed E-state index contributed by atoms with van der Waals surface area (Å²) in [6, 6.07) is 6.48. The number of aromatic nitrogens is 2. The lowest BCUT2D eigenvalue weighted by molar-refractivity contribution is -0.141. The van der Waals surface area contributed by atoms with Gasteiger partial charge in [0.2, 0.25) is 0 Å². The molecule has 0 N–H and O–H groups in total. The Morgan fingerprint density at radius 2 is 1.72 bits per heavy atom. The van der Waals surface area contributed by atoms with E-state index in [-0.39, 0.29) is 29.1 Å². The number of methoxy groups -OCH3 is 1. The minimum Gasteiger partial charge on any atom is -0.468 e. The third-order valence-electron chi connectivity index (χ3n) is 4.43. The number of rotatable bonds is 4. The number of nitrogens with zero attached hydrogens (tertiary/aromatic N) is 2. The van der Waals surface area contributed by atoms with Gasteiger partial charge >= 0.3 is 18.3 Å². The van der Waals surface area contributed by atoms with E-state index in [0.29, 0.717) is 16.3 Å². The van der Waals surface area contributed by atoms with E-state index in [0.717, 1.165) is 7.11 Å². The van der Waals surface area contributed by atoms with Crippen molar-refractivity contribution in [3.8, 4) is 5.69 Å². The van der Waals surface area contributed by atoms with Crippen molar-refractivity contribution >= 4 is 28.6 Å². The highest BCUT2D eigenvalue weighted by atomic mass is 32.2. The summed E-state index contributed by atoms with van der Waals surface area (Å²) in [6.07, 6.45) is -10.0. The first-order valence-electron chi connectivity index (χ1n) is 8.89. The summed E-state index contributed by atoms with van der Waals surface area (Å²) in [5.41, 5.74) is -4.79. The molecule has 0 saturated carbocycles. The quantitative estimate of drug-likeness (QED) is 0.228. The van der Waals surface area contributed by atoms with E-state index in [1.165, 1.54) is 31.2 Å². The number of hydrogen-bond donors (Lipinski definition) is 0. The molecule has 0 fully saturated rings. The summed E-state index contributed by atoms with van der Waals surface area (Å²) in [5, 5.41) is -1.51. The van der Waals surface area contributed by atoms with Crippen molar-refractivity contribution in [2.75, 3.05) is 7.11 Å². The SMILES string of the molecule is COC(=O)C(C)Sc1nc2ccccc2c(=O)n1-c1cc(C(F)(F)F)ccc1C(F)(F)F. The van der Waals surface area contributed by atoms with Gasteiger partial charge in [0.15, 0.2) is 5.16 Å². The van der Waals surface area contributed by atoms with Crippen LogP contribution in [0.3, 0.4) is 0 Å². The molecule has 170 valence electrons. The molecule has 3 rings (SSSR count). The molecule has 0 amide bonds. The van der Waals surface area contributed by atoms with Gasteiger partial charge in [-0.15, -0.1) is 0 Å². The smallest absolute Gasteiger partial charge is 0.418 e. The summed E-state index contributed by atoms with van der Waals surface area (Å²) in [4.78, 5) is 29.1. The first-order chi connectivity index (χ1) is 14.8. The molecule has 3 aromatic rings. The van der Waals surface area contributed by atoms with E-state index in [1.54, 1.807) is 0 Å². The van der Waals surface area contributed by atoms with E-state index in [2.05, 4.69) is 9.72 Å². The normalized spacial score (nSPS) is 13.2.